The second-order valence-corrected chi connectivity index (χ2v) is 0.283. The van der Waals surface area contributed by atoms with Gasteiger partial charge in [-0.3, -0.25) is 0 Å². The van der Waals surface area contributed by atoms with Gasteiger partial charge in [-0.2, -0.15) is 0 Å². The second-order valence-electron chi connectivity index (χ2n) is 0.283. The average molecular weight is 172 g/mol. The van der Waals surface area contributed by atoms with Crippen LogP contribution in [-0.2, 0) is 0 Å². The summed E-state index contributed by atoms with van der Waals surface area (Å²) in [6.45, 7) is 0. The number of rotatable bonds is 0. The topological polar surface area (TPSA) is 104 Å². The van der Waals surface area contributed by atoms with Gasteiger partial charge in [-0.25, -0.2) is 10.7 Å². The van der Waals surface area contributed by atoms with Crippen molar-refractivity contribution in [3.8, 4) is 0 Å². The summed E-state index contributed by atoms with van der Waals surface area (Å²) in [6, 6.07) is 0. The molecule has 8 heavy (non-hydrogen) atoms. The SMILES string of the molecule is Cl.NO.O=C(O)O.[H-].[K+]. The quantitative estimate of drug-likeness (QED) is 0.231. The van der Waals surface area contributed by atoms with Crippen LogP contribution in [0.5, 0.6) is 0 Å². The molecule has 0 aliphatic heterocycles. The van der Waals surface area contributed by atoms with Crippen molar-refractivity contribution in [1.29, 1.82) is 0 Å². The Kier molecular flexibility index (Phi) is 69.6. The third kappa shape index (κ3) is 214. The zero-order valence-electron chi connectivity index (χ0n) is 5.24. The summed E-state index contributed by atoms with van der Waals surface area (Å²) in [5, 5.41) is 20.4. The molecule has 0 spiro atoms. The van der Waals surface area contributed by atoms with Crippen molar-refractivity contribution in [3.05, 3.63) is 0 Å². The molecule has 7 heteroatoms. The summed E-state index contributed by atoms with van der Waals surface area (Å²) in [5.74, 6) is 3.50. The van der Waals surface area contributed by atoms with Crippen molar-refractivity contribution in [2.75, 3.05) is 0 Å². The Morgan fingerprint density at radius 1 is 1.38 bits per heavy atom. The van der Waals surface area contributed by atoms with Gasteiger partial charge in [-0.1, -0.05) is 0 Å². The molecule has 5 nitrogen and oxygen atoms in total. The zero-order valence-corrected chi connectivity index (χ0v) is 8.18. The van der Waals surface area contributed by atoms with E-state index in [9.17, 15) is 0 Å². The standard InChI is InChI=1S/CH2O3.ClH.K.H3NO.H/c2-1(3)4;;;1-2;/h(H2,2,3,4);1H;;2H,1H2;/q;;+1;;-1. The van der Waals surface area contributed by atoms with Crippen molar-refractivity contribution in [3.63, 3.8) is 0 Å². The fraction of sp³-hybridized carbons (Fsp3) is 0. The molecule has 0 aromatic heterocycles. The van der Waals surface area contributed by atoms with Crippen LogP contribution in [0, 0.1) is 0 Å². The van der Waals surface area contributed by atoms with Gasteiger partial charge in [0.15, 0.2) is 0 Å². The van der Waals surface area contributed by atoms with Crippen LogP contribution >= 0.6 is 12.4 Å². The maximum Gasteiger partial charge on any atom is 1.00 e. The first-order valence-electron chi connectivity index (χ1n) is 0.910. The molecule has 0 amide bonds. The Labute approximate surface area is 96.1 Å². The van der Waals surface area contributed by atoms with E-state index in [0.717, 1.165) is 0 Å². The van der Waals surface area contributed by atoms with E-state index in [0.29, 0.717) is 0 Å². The van der Waals surface area contributed by atoms with E-state index >= 15 is 0 Å². The van der Waals surface area contributed by atoms with Gasteiger partial charge in [0.05, 0.1) is 0 Å². The molecule has 0 saturated heterocycles. The van der Waals surface area contributed by atoms with Crippen molar-refractivity contribution in [1.82, 2.24) is 0 Å². The van der Waals surface area contributed by atoms with Crippen LogP contribution in [0.25, 0.3) is 0 Å². The predicted octanol–water partition coefficient (Wildman–Crippen LogP) is -2.90. The number of hydrogen-bond donors (Lipinski definition) is 4. The molecule has 0 aliphatic rings. The van der Waals surface area contributed by atoms with E-state index in [4.69, 9.17) is 20.2 Å². The molecule has 0 aromatic carbocycles. The molecule has 0 atom stereocenters. The van der Waals surface area contributed by atoms with E-state index in [1.807, 2.05) is 0 Å². The Bertz CT molecular complexity index is 43.5. The van der Waals surface area contributed by atoms with Gasteiger partial charge in [0, 0.05) is 0 Å². The van der Waals surface area contributed by atoms with Crippen molar-refractivity contribution in [2.45, 2.75) is 0 Å². The summed E-state index contributed by atoms with van der Waals surface area (Å²) in [5.41, 5.74) is 0. The van der Waals surface area contributed by atoms with Crippen molar-refractivity contribution in [2.24, 2.45) is 5.90 Å². The molecule has 48 valence electrons. The first-order chi connectivity index (χ1) is 2.73. The zero-order chi connectivity index (χ0) is 5.58. The van der Waals surface area contributed by atoms with Gasteiger partial charge in [0.25, 0.3) is 0 Å². The van der Waals surface area contributed by atoms with E-state index in [-0.39, 0.29) is 65.2 Å². The van der Waals surface area contributed by atoms with E-state index in [1.165, 1.54) is 0 Å². The molecule has 0 fully saturated rings. The first-order valence-corrected chi connectivity index (χ1v) is 0.910. The van der Waals surface area contributed by atoms with E-state index in [2.05, 4.69) is 5.90 Å². The van der Waals surface area contributed by atoms with Crippen LogP contribution in [0.15, 0.2) is 0 Å². The molecule has 0 saturated carbocycles. The minimum Gasteiger partial charge on any atom is -1.00 e. The predicted molar refractivity (Wildman–Crippen MR) is 25.0 cm³/mol. The average Bonchev–Trinajstić information content (AvgIpc) is 1.41. The monoisotopic (exact) mass is 171 g/mol. The summed E-state index contributed by atoms with van der Waals surface area (Å²) in [6.07, 6.45) is -1.83. The Morgan fingerprint density at radius 2 is 1.38 bits per heavy atom. The third-order valence-corrected chi connectivity index (χ3v) is 0. The third-order valence-electron chi connectivity index (χ3n) is 0. The molecule has 0 bridgehead atoms. The Hall–Kier alpha value is 1.12. The van der Waals surface area contributed by atoms with Crippen molar-refractivity contribution >= 4 is 18.6 Å². The van der Waals surface area contributed by atoms with Crippen LogP contribution < -0.4 is 57.3 Å². The van der Waals surface area contributed by atoms with Crippen molar-refractivity contribution < 1.29 is 73.0 Å². The van der Waals surface area contributed by atoms with Gasteiger partial charge in [-0.15, -0.1) is 12.4 Å². The first kappa shape index (κ1) is 22.9. The summed E-state index contributed by atoms with van der Waals surface area (Å²) in [4.78, 5) is 8.56. The second kappa shape index (κ2) is 24.3. The Morgan fingerprint density at radius 3 is 1.38 bits per heavy atom. The van der Waals surface area contributed by atoms with Gasteiger partial charge in [0.2, 0.25) is 0 Å². The van der Waals surface area contributed by atoms with E-state index < -0.39 is 6.16 Å². The molecular formula is CH7ClKNO4. The normalized spacial score (nSPS) is 3.75. The molecular weight excluding hydrogens is 165 g/mol. The van der Waals surface area contributed by atoms with Crippen LogP contribution in [0.4, 0.5) is 4.79 Å². The van der Waals surface area contributed by atoms with E-state index in [1.54, 1.807) is 0 Å². The maximum atomic E-state index is 8.56. The Balaban J connectivity index is -0.00000000990. The fourth-order valence-corrected chi connectivity index (χ4v) is 0. The molecule has 0 aliphatic carbocycles. The van der Waals surface area contributed by atoms with Crippen LogP contribution in [0.3, 0.4) is 0 Å². The number of nitrogens with two attached hydrogens (primary N) is 1. The number of halogens is 1. The molecule has 0 aromatic rings. The maximum absolute atomic E-state index is 8.56. The minimum absolute atomic E-state index is 0. The molecule has 0 heterocycles. The number of carbonyl (C=O) groups is 1. The smallest absolute Gasteiger partial charge is 1.00 e. The van der Waals surface area contributed by atoms with Gasteiger partial charge in [-0.05, 0) is 0 Å². The van der Waals surface area contributed by atoms with Crippen LogP contribution in [-0.4, -0.2) is 21.6 Å². The molecule has 0 unspecified atom stereocenters. The van der Waals surface area contributed by atoms with Crippen LogP contribution in [0.1, 0.15) is 1.43 Å². The van der Waals surface area contributed by atoms with Gasteiger partial charge >= 0.3 is 57.5 Å². The number of hydrogen-bond acceptors (Lipinski definition) is 3. The largest absolute Gasteiger partial charge is 1.00 e. The van der Waals surface area contributed by atoms with Crippen LogP contribution in [0.2, 0.25) is 0 Å². The minimum atomic E-state index is -1.83. The summed E-state index contributed by atoms with van der Waals surface area (Å²) in [7, 11) is 0. The molecule has 0 rings (SSSR count). The number of carboxylic acid groups (broad SMARTS) is 2. The fourth-order valence-electron chi connectivity index (χ4n) is 0. The van der Waals surface area contributed by atoms with Gasteiger partial charge in [0.1, 0.15) is 0 Å². The molecule has 5 N–H and O–H groups in total. The summed E-state index contributed by atoms with van der Waals surface area (Å²) >= 11 is 0. The van der Waals surface area contributed by atoms with Gasteiger partial charge < -0.3 is 16.8 Å². The summed E-state index contributed by atoms with van der Waals surface area (Å²) < 4.78 is 0. The molecule has 0 radical (unpaired) electrons.